The third-order valence-corrected chi connectivity index (χ3v) is 8.05. The molecule has 0 radical (unpaired) electrons. The number of hydrogen-bond donors (Lipinski definition) is 1. The highest BCUT2D eigenvalue weighted by molar-refractivity contribution is 7.99. The number of nitrogens with one attached hydrogen (secondary N) is 1. The number of anilines is 2. The molecule has 2 aromatic carbocycles. The van der Waals surface area contributed by atoms with Crippen molar-refractivity contribution in [3.05, 3.63) is 68.6 Å². The lowest BCUT2D eigenvalue weighted by atomic mass is 10.1. The zero-order valence-corrected chi connectivity index (χ0v) is 21.0. The van der Waals surface area contributed by atoms with Crippen LogP contribution in [0.5, 0.6) is 0 Å². The zero-order chi connectivity index (χ0) is 23.4. The quantitative estimate of drug-likeness (QED) is 0.406. The van der Waals surface area contributed by atoms with Crippen LogP contribution in [0.15, 0.2) is 42.5 Å². The van der Waals surface area contributed by atoms with Crippen LogP contribution in [0.4, 0.5) is 10.8 Å². The van der Waals surface area contributed by atoms with Gasteiger partial charge in [0.2, 0.25) is 16.9 Å². The van der Waals surface area contributed by atoms with Gasteiger partial charge >= 0.3 is 0 Å². The monoisotopic (exact) mass is 520 g/mol. The molecule has 0 aliphatic carbocycles. The summed E-state index contributed by atoms with van der Waals surface area (Å²) in [6.45, 7) is 2.65. The van der Waals surface area contributed by atoms with Gasteiger partial charge in [-0.15, -0.1) is 22.0 Å². The molecule has 1 aliphatic heterocycles. The number of rotatable bonds is 8. The number of hydrogen-bond acceptors (Lipinski definition) is 6. The van der Waals surface area contributed by atoms with Gasteiger partial charge in [0.05, 0.1) is 15.8 Å². The second-order valence-corrected chi connectivity index (χ2v) is 10.4. The molecule has 4 rings (SSSR count). The Balaban J connectivity index is 1.31. The third kappa shape index (κ3) is 5.87. The summed E-state index contributed by atoms with van der Waals surface area (Å²) < 4.78 is 0. The van der Waals surface area contributed by atoms with E-state index in [4.69, 9.17) is 23.2 Å². The predicted octanol–water partition coefficient (Wildman–Crippen LogP) is 5.80. The molecule has 0 bridgehead atoms. The zero-order valence-electron chi connectivity index (χ0n) is 17.9. The molecule has 0 saturated carbocycles. The van der Waals surface area contributed by atoms with Crippen molar-refractivity contribution in [2.24, 2.45) is 0 Å². The molecule has 10 heteroatoms. The Morgan fingerprint density at radius 2 is 2.03 bits per heavy atom. The van der Waals surface area contributed by atoms with Gasteiger partial charge in [-0.3, -0.25) is 14.9 Å². The van der Waals surface area contributed by atoms with Gasteiger partial charge < -0.3 is 4.90 Å². The lowest BCUT2D eigenvalue weighted by Gasteiger charge is -2.19. The molecular formula is C23H22Cl2N4O2S2. The highest BCUT2D eigenvalue weighted by Crippen LogP contribution is 2.35. The van der Waals surface area contributed by atoms with Crippen LogP contribution >= 0.6 is 46.3 Å². The minimum atomic E-state index is -0.149. The van der Waals surface area contributed by atoms with Crippen molar-refractivity contribution in [1.82, 2.24) is 10.2 Å². The molecule has 0 spiro atoms. The number of carbonyl (C=O) groups is 2. The molecule has 2 heterocycles. The number of amides is 2. The fraction of sp³-hybridized carbons (Fsp3) is 0.304. The molecule has 1 atom stereocenters. The van der Waals surface area contributed by atoms with Crippen LogP contribution in [0.2, 0.25) is 10.0 Å². The minimum Gasteiger partial charge on any atom is -0.311 e. The first-order valence-corrected chi connectivity index (χ1v) is 13.2. The number of carbonyl (C=O) groups excluding carboxylic acids is 2. The van der Waals surface area contributed by atoms with E-state index >= 15 is 0 Å². The third-order valence-electron chi connectivity index (χ3n) is 5.31. The summed E-state index contributed by atoms with van der Waals surface area (Å²) in [5, 5.41) is 13.4. The lowest BCUT2D eigenvalue weighted by molar-refractivity contribution is -0.117. The summed E-state index contributed by atoms with van der Waals surface area (Å²) >= 11 is 14.8. The van der Waals surface area contributed by atoms with Gasteiger partial charge in [-0.1, -0.05) is 65.7 Å². The molecule has 2 amide bonds. The van der Waals surface area contributed by atoms with Crippen LogP contribution in [-0.2, 0) is 21.8 Å². The van der Waals surface area contributed by atoms with Crippen LogP contribution in [0, 0.1) is 0 Å². The fourth-order valence-electron chi connectivity index (χ4n) is 3.68. The first-order chi connectivity index (χ1) is 15.9. The molecule has 1 fully saturated rings. The van der Waals surface area contributed by atoms with E-state index in [-0.39, 0.29) is 23.5 Å². The minimum absolute atomic E-state index is 0.0328. The maximum atomic E-state index is 12.7. The Hall–Kier alpha value is -2.13. The smallest absolute Gasteiger partial charge is 0.236 e. The van der Waals surface area contributed by atoms with Gasteiger partial charge in [0.1, 0.15) is 5.01 Å². The van der Waals surface area contributed by atoms with E-state index in [0.717, 1.165) is 28.2 Å². The molecular weight excluding hydrogens is 499 g/mol. The van der Waals surface area contributed by atoms with E-state index in [1.54, 1.807) is 12.1 Å². The highest BCUT2D eigenvalue weighted by Gasteiger charge is 2.34. The summed E-state index contributed by atoms with van der Waals surface area (Å²) in [6.07, 6.45) is 1.25. The Bertz CT molecular complexity index is 1170. The maximum Gasteiger partial charge on any atom is 0.236 e. The van der Waals surface area contributed by atoms with E-state index in [2.05, 4.69) is 22.4 Å². The summed E-state index contributed by atoms with van der Waals surface area (Å²) in [6, 6.07) is 13.4. The Labute approximate surface area is 210 Å². The van der Waals surface area contributed by atoms with E-state index in [1.165, 1.54) is 23.1 Å². The van der Waals surface area contributed by atoms with Crippen molar-refractivity contribution in [2.75, 3.05) is 22.5 Å². The van der Waals surface area contributed by atoms with Gasteiger partial charge in [-0.2, -0.15) is 0 Å². The summed E-state index contributed by atoms with van der Waals surface area (Å²) in [5.74, 6) is 0.822. The summed E-state index contributed by atoms with van der Waals surface area (Å²) in [7, 11) is 0. The Morgan fingerprint density at radius 3 is 2.82 bits per heavy atom. The van der Waals surface area contributed by atoms with Crippen molar-refractivity contribution >= 4 is 68.9 Å². The number of aryl methyl sites for hydroxylation is 1. The van der Waals surface area contributed by atoms with E-state index in [0.29, 0.717) is 33.9 Å². The number of thioether (sulfide) groups is 1. The first-order valence-electron chi connectivity index (χ1n) is 10.5. The van der Waals surface area contributed by atoms with Gasteiger partial charge in [-0.05, 0) is 35.7 Å². The SMILES string of the molecule is CCc1ccccc1N1CC(c2nnc(NC(=O)CSCc3ccc(Cl)c(Cl)c3)s2)CC1=O. The average molecular weight is 521 g/mol. The molecule has 172 valence electrons. The standard InChI is InChI=1S/C23H22Cl2N4O2S2/c1-2-15-5-3-4-6-19(15)29-11-16(10-21(29)31)22-27-28-23(33-22)26-20(30)13-32-12-14-7-8-17(24)18(25)9-14/h3-9,16H,2,10-13H2,1H3,(H,26,28,30). The molecule has 1 aromatic heterocycles. The second-order valence-electron chi connectivity index (χ2n) is 7.62. The predicted molar refractivity (Wildman–Crippen MR) is 137 cm³/mol. The topological polar surface area (TPSA) is 75.2 Å². The van der Waals surface area contributed by atoms with Crippen LogP contribution in [-0.4, -0.2) is 34.3 Å². The molecule has 1 aliphatic rings. The normalized spacial score (nSPS) is 15.8. The van der Waals surface area contributed by atoms with Crippen molar-refractivity contribution < 1.29 is 9.59 Å². The molecule has 1 unspecified atom stereocenters. The van der Waals surface area contributed by atoms with Gasteiger partial charge in [0, 0.05) is 30.3 Å². The lowest BCUT2D eigenvalue weighted by Crippen LogP contribution is -2.25. The van der Waals surface area contributed by atoms with Crippen LogP contribution in [0.25, 0.3) is 0 Å². The number of aromatic nitrogens is 2. The number of nitrogens with zero attached hydrogens (tertiary/aromatic N) is 3. The van der Waals surface area contributed by atoms with Gasteiger partial charge in [-0.25, -0.2) is 0 Å². The Morgan fingerprint density at radius 1 is 1.21 bits per heavy atom. The van der Waals surface area contributed by atoms with E-state index < -0.39 is 0 Å². The van der Waals surface area contributed by atoms with Gasteiger partial charge in [0.25, 0.3) is 0 Å². The molecule has 1 N–H and O–H groups in total. The first kappa shape index (κ1) is 24.0. The average Bonchev–Trinajstić information content (AvgIpc) is 3.42. The number of halogens is 2. The maximum absolute atomic E-state index is 12.7. The molecule has 6 nitrogen and oxygen atoms in total. The molecule has 3 aromatic rings. The largest absolute Gasteiger partial charge is 0.311 e. The summed E-state index contributed by atoms with van der Waals surface area (Å²) in [4.78, 5) is 26.8. The van der Waals surface area contributed by atoms with Crippen LogP contribution in [0.3, 0.4) is 0 Å². The number of benzene rings is 2. The molecule has 1 saturated heterocycles. The second kappa shape index (κ2) is 10.9. The fourth-order valence-corrected chi connectivity index (χ4v) is 5.62. The van der Waals surface area contributed by atoms with Crippen molar-refractivity contribution in [2.45, 2.75) is 31.4 Å². The highest BCUT2D eigenvalue weighted by atomic mass is 35.5. The van der Waals surface area contributed by atoms with Gasteiger partial charge in [0.15, 0.2) is 0 Å². The van der Waals surface area contributed by atoms with Crippen LogP contribution < -0.4 is 10.2 Å². The Kier molecular flexibility index (Phi) is 7.90. The van der Waals surface area contributed by atoms with E-state index in [1.807, 2.05) is 35.2 Å². The van der Waals surface area contributed by atoms with Crippen molar-refractivity contribution in [1.29, 1.82) is 0 Å². The van der Waals surface area contributed by atoms with Crippen molar-refractivity contribution in [3.63, 3.8) is 0 Å². The van der Waals surface area contributed by atoms with Crippen LogP contribution in [0.1, 0.15) is 35.4 Å². The van der Waals surface area contributed by atoms with Crippen molar-refractivity contribution in [3.8, 4) is 0 Å². The van der Waals surface area contributed by atoms with E-state index in [9.17, 15) is 9.59 Å². The summed E-state index contributed by atoms with van der Waals surface area (Å²) in [5.41, 5.74) is 3.11. The number of para-hydroxylation sites is 1. The molecule has 33 heavy (non-hydrogen) atoms.